The number of hydrogen-bond donors (Lipinski definition) is 1. The van der Waals surface area contributed by atoms with Gasteiger partial charge in [-0.15, -0.1) is 11.3 Å². The number of non-ortho nitro benzene ring substituents is 2. The number of nitrogens with one attached hydrogen (secondary N) is 1. The van der Waals surface area contributed by atoms with Crippen molar-refractivity contribution in [2.45, 2.75) is 0 Å². The second-order valence-corrected chi connectivity index (χ2v) is 7.13. The Kier molecular flexibility index (Phi) is 5.71. The maximum Gasteiger partial charge on any atom is 0.348 e. The standard InChI is InChI=1S/C17H10ClN3O7S/c18-12-7-11(21(26)27)1-3-13(12)19-16(22)8-28-17(23)15-6-9-5-10(20(24)25)2-4-14(9)29-15/h1-7H,8H2,(H,19,22). The summed E-state index contributed by atoms with van der Waals surface area (Å²) in [4.78, 5) is 44.6. The fourth-order valence-electron chi connectivity index (χ4n) is 2.35. The van der Waals surface area contributed by atoms with Crippen molar-refractivity contribution in [1.29, 1.82) is 0 Å². The number of halogens is 1. The number of rotatable bonds is 6. The van der Waals surface area contributed by atoms with Crippen molar-refractivity contribution < 1.29 is 24.2 Å². The number of nitrogens with zero attached hydrogens (tertiary/aromatic N) is 2. The molecule has 0 fully saturated rings. The third-order valence-corrected chi connectivity index (χ3v) is 5.09. The van der Waals surface area contributed by atoms with Gasteiger partial charge in [0.05, 0.1) is 20.6 Å². The van der Waals surface area contributed by atoms with E-state index in [1.165, 1.54) is 36.4 Å². The lowest BCUT2D eigenvalue weighted by Gasteiger charge is -2.07. The summed E-state index contributed by atoms with van der Waals surface area (Å²) < 4.78 is 5.60. The molecule has 0 atom stereocenters. The smallest absolute Gasteiger partial charge is 0.348 e. The Balaban J connectivity index is 1.63. The van der Waals surface area contributed by atoms with Crippen LogP contribution in [0.15, 0.2) is 42.5 Å². The van der Waals surface area contributed by atoms with Crippen LogP contribution >= 0.6 is 22.9 Å². The molecule has 1 N–H and O–H groups in total. The number of carbonyl (C=O) groups excluding carboxylic acids is 2. The molecule has 0 radical (unpaired) electrons. The fraction of sp³-hybridized carbons (Fsp3) is 0.0588. The van der Waals surface area contributed by atoms with E-state index in [0.29, 0.717) is 10.1 Å². The van der Waals surface area contributed by atoms with Crippen LogP contribution in [0, 0.1) is 20.2 Å². The zero-order valence-electron chi connectivity index (χ0n) is 14.3. The number of amides is 1. The van der Waals surface area contributed by atoms with Gasteiger partial charge in [0, 0.05) is 34.4 Å². The minimum atomic E-state index is -0.765. The maximum absolute atomic E-state index is 12.1. The molecule has 3 aromatic rings. The molecule has 1 amide bonds. The van der Waals surface area contributed by atoms with Crippen molar-refractivity contribution in [3.05, 3.63) is 72.6 Å². The topological polar surface area (TPSA) is 142 Å². The van der Waals surface area contributed by atoms with Crippen LogP contribution in [0.2, 0.25) is 5.02 Å². The van der Waals surface area contributed by atoms with Crippen molar-refractivity contribution in [1.82, 2.24) is 0 Å². The van der Waals surface area contributed by atoms with E-state index in [1.807, 2.05) is 0 Å². The molecule has 0 unspecified atom stereocenters. The highest BCUT2D eigenvalue weighted by Gasteiger charge is 2.17. The van der Waals surface area contributed by atoms with Crippen LogP contribution in [-0.2, 0) is 9.53 Å². The largest absolute Gasteiger partial charge is 0.451 e. The van der Waals surface area contributed by atoms with E-state index >= 15 is 0 Å². The zero-order valence-corrected chi connectivity index (χ0v) is 15.9. The second kappa shape index (κ2) is 8.20. The molecule has 0 saturated carbocycles. The van der Waals surface area contributed by atoms with Crippen molar-refractivity contribution in [2.75, 3.05) is 11.9 Å². The minimum absolute atomic E-state index is 0.0371. The Morgan fingerprint density at radius 1 is 1.03 bits per heavy atom. The molecule has 1 aromatic heterocycles. The van der Waals surface area contributed by atoms with Crippen LogP contribution in [0.1, 0.15) is 9.67 Å². The van der Waals surface area contributed by atoms with Gasteiger partial charge in [0.2, 0.25) is 0 Å². The molecule has 0 bridgehead atoms. The van der Waals surface area contributed by atoms with Crippen LogP contribution in [0.4, 0.5) is 17.1 Å². The van der Waals surface area contributed by atoms with Gasteiger partial charge in [0.25, 0.3) is 17.3 Å². The summed E-state index contributed by atoms with van der Waals surface area (Å²) in [5, 5.41) is 24.4. The molecule has 0 aliphatic heterocycles. The molecule has 29 heavy (non-hydrogen) atoms. The van der Waals surface area contributed by atoms with Gasteiger partial charge in [-0.2, -0.15) is 0 Å². The summed E-state index contributed by atoms with van der Waals surface area (Å²) in [6.07, 6.45) is 0. The summed E-state index contributed by atoms with van der Waals surface area (Å²) in [7, 11) is 0. The molecular weight excluding hydrogens is 426 g/mol. The number of thiophene rings is 1. The summed E-state index contributed by atoms with van der Waals surface area (Å²) in [5.41, 5.74) is -0.202. The van der Waals surface area contributed by atoms with E-state index in [9.17, 15) is 29.8 Å². The van der Waals surface area contributed by atoms with E-state index < -0.39 is 28.3 Å². The van der Waals surface area contributed by atoms with Gasteiger partial charge in [0.1, 0.15) is 4.88 Å². The summed E-state index contributed by atoms with van der Waals surface area (Å²) >= 11 is 6.96. The van der Waals surface area contributed by atoms with Gasteiger partial charge < -0.3 is 10.1 Å². The number of fused-ring (bicyclic) bond motifs is 1. The Bertz CT molecular complexity index is 1160. The molecule has 148 valence electrons. The van der Waals surface area contributed by atoms with Crippen molar-refractivity contribution in [3.8, 4) is 0 Å². The van der Waals surface area contributed by atoms with Gasteiger partial charge in [-0.05, 0) is 18.2 Å². The summed E-state index contributed by atoms with van der Waals surface area (Å²) in [5.74, 6) is -1.45. The fourth-order valence-corrected chi connectivity index (χ4v) is 3.51. The van der Waals surface area contributed by atoms with E-state index in [1.54, 1.807) is 0 Å². The number of hydrogen-bond acceptors (Lipinski definition) is 8. The number of benzene rings is 2. The molecule has 0 saturated heterocycles. The lowest BCUT2D eigenvalue weighted by atomic mass is 10.2. The highest BCUT2D eigenvalue weighted by molar-refractivity contribution is 7.20. The number of carbonyl (C=O) groups is 2. The van der Waals surface area contributed by atoms with Crippen LogP contribution in [0.25, 0.3) is 10.1 Å². The average Bonchev–Trinajstić information content (AvgIpc) is 3.10. The Morgan fingerprint density at radius 3 is 2.34 bits per heavy atom. The predicted octanol–water partition coefficient (Wildman–Crippen LogP) is 4.17. The molecule has 12 heteroatoms. The monoisotopic (exact) mass is 435 g/mol. The van der Waals surface area contributed by atoms with Crippen molar-refractivity contribution in [2.24, 2.45) is 0 Å². The zero-order chi connectivity index (χ0) is 21.1. The minimum Gasteiger partial charge on any atom is -0.451 e. The summed E-state index contributed by atoms with van der Waals surface area (Å²) in [6.45, 7) is -0.611. The van der Waals surface area contributed by atoms with Crippen LogP contribution in [0.3, 0.4) is 0 Å². The highest BCUT2D eigenvalue weighted by Crippen LogP contribution is 2.29. The van der Waals surface area contributed by atoms with Crippen molar-refractivity contribution >= 4 is 62.0 Å². The van der Waals surface area contributed by atoms with Gasteiger partial charge >= 0.3 is 5.97 Å². The Morgan fingerprint density at radius 2 is 1.69 bits per heavy atom. The van der Waals surface area contributed by atoms with E-state index in [4.69, 9.17) is 16.3 Å². The average molecular weight is 436 g/mol. The molecule has 2 aromatic carbocycles. The number of esters is 1. The quantitative estimate of drug-likeness (QED) is 0.348. The molecule has 0 aliphatic carbocycles. The van der Waals surface area contributed by atoms with Crippen molar-refractivity contribution in [3.63, 3.8) is 0 Å². The highest BCUT2D eigenvalue weighted by atomic mass is 35.5. The van der Waals surface area contributed by atoms with Crippen LogP contribution in [0.5, 0.6) is 0 Å². The molecule has 3 rings (SSSR count). The maximum atomic E-state index is 12.1. The summed E-state index contributed by atoms with van der Waals surface area (Å²) in [6, 6.07) is 9.16. The van der Waals surface area contributed by atoms with Gasteiger partial charge in [-0.3, -0.25) is 25.0 Å². The van der Waals surface area contributed by atoms with Gasteiger partial charge in [-0.1, -0.05) is 11.6 Å². The number of nitro groups is 2. The number of nitro benzene ring substituents is 2. The molecule has 0 aliphatic rings. The Hall–Kier alpha value is -3.57. The normalized spacial score (nSPS) is 10.5. The number of ether oxygens (including phenoxy) is 1. The van der Waals surface area contributed by atoms with Crippen LogP contribution < -0.4 is 5.32 Å². The first kappa shape index (κ1) is 20.2. The first-order valence-electron chi connectivity index (χ1n) is 7.83. The first-order chi connectivity index (χ1) is 13.7. The molecule has 0 spiro atoms. The van der Waals surface area contributed by atoms with E-state index in [2.05, 4.69) is 5.32 Å². The lowest BCUT2D eigenvalue weighted by Crippen LogP contribution is -2.20. The molecule has 10 nitrogen and oxygen atoms in total. The first-order valence-corrected chi connectivity index (χ1v) is 9.03. The SMILES string of the molecule is O=C(COC(=O)c1cc2cc([N+](=O)[O-])ccc2s1)Nc1ccc([N+](=O)[O-])cc1Cl. The Labute approximate surface area is 171 Å². The second-order valence-electron chi connectivity index (χ2n) is 5.64. The third-order valence-electron chi connectivity index (χ3n) is 3.68. The molecule has 1 heterocycles. The van der Waals surface area contributed by atoms with E-state index in [0.717, 1.165) is 17.4 Å². The third kappa shape index (κ3) is 4.65. The van der Waals surface area contributed by atoms with E-state index in [-0.39, 0.29) is 27.0 Å². The lowest BCUT2D eigenvalue weighted by molar-refractivity contribution is -0.385. The molecular formula is C17H10ClN3O7S. The van der Waals surface area contributed by atoms with Gasteiger partial charge in [0.15, 0.2) is 6.61 Å². The van der Waals surface area contributed by atoms with Gasteiger partial charge in [-0.25, -0.2) is 4.79 Å². The predicted molar refractivity (Wildman–Crippen MR) is 105 cm³/mol. The van der Waals surface area contributed by atoms with Crippen LogP contribution in [-0.4, -0.2) is 28.3 Å². The number of anilines is 1.